The third-order valence-corrected chi connectivity index (χ3v) is 17.2. The van der Waals surface area contributed by atoms with E-state index < -0.39 is 36.5 Å². The standard InChI is InChI=1S/C54H100N4O14S4/c1-5-9-13-17-21-25-49(63)69-37-43(59)33-57(34-44(60)38-70-50(64)26-22-18-14-10-6-2)29-31-73-75-41-47-53(67)56-48(54(68)55-47)42-76-74-32-30-58(35-45(61)39-71-51(65)27-23-19-15-11-7-3)36-46(62)40-72-52(66)28-24-20-16-12-8-4/h43-48,59-62H,5-42H2,1-4H3,(H,55,68)(H,56,67). The quantitative estimate of drug-likeness (QED) is 0.0150. The number of hydrogen-bond donors (Lipinski definition) is 6. The van der Waals surface area contributed by atoms with Crippen LogP contribution in [-0.4, -0.2) is 191 Å². The van der Waals surface area contributed by atoms with Crippen molar-refractivity contribution >= 4 is 78.9 Å². The minimum atomic E-state index is -1.00. The monoisotopic (exact) mass is 1160 g/mol. The molecule has 1 rings (SSSR count). The lowest BCUT2D eigenvalue weighted by molar-refractivity contribution is -0.148. The molecule has 6 atom stereocenters. The molecule has 1 fully saturated rings. The SMILES string of the molecule is CCCCCCCC(=O)OCC(O)CN(CCSSCC1NC(=O)C(CSSCCN(CC(O)COC(=O)CCCCCCC)CC(O)COC(=O)CCCCCCC)NC1=O)CC(O)COC(=O)CCCCCCC. The first-order valence-corrected chi connectivity index (χ1v) is 33.6. The number of nitrogens with one attached hydrogen (secondary N) is 2. The lowest BCUT2D eigenvalue weighted by Gasteiger charge is -2.29. The molecule has 0 aromatic heterocycles. The molecule has 0 aliphatic carbocycles. The molecular weight excluding hydrogens is 1060 g/mol. The number of ether oxygens (including phenoxy) is 4. The van der Waals surface area contributed by atoms with E-state index in [1.54, 1.807) is 0 Å². The third-order valence-electron chi connectivity index (χ3n) is 12.4. The molecule has 0 bridgehead atoms. The Hall–Kier alpha value is -2.02. The fraction of sp³-hybridized carbons (Fsp3) is 0.889. The summed E-state index contributed by atoms with van der Waals surface area (Å²) in [4.78, 5) is 79.1. The molecule has 1 aliphatic rings. The van der Waals surface area contributed by atoms with E-state index in [1.807, 2.05) is 9.80 Å². The summed E-state index contributed by atoms with van der Waals surface area (Å²) in [6, 6.07) is -1.49. The van der Waals surface area contributed by atoms with Crippen molar-refractivity contribution in [2.75, 3.05) is 88.7 Å². The Labute approximate surface area is 472 Å². The van der Waals surface area contributed by atoms with Crippen molar-refractivity contribution < 1.29 is 68.1 Å². The summed E-state index contributed by atoms with van der Waals surface area (Å²) >= 11 is 0. The Morgan fingerprint density at radius 3 is 0.921 bits per heavy atom. The molecule has 0 spiro atoms. The fourth-order valence-electron chi connectivity index (χ4n) is 8.05. The summed E-state index contributed by atoms with van der Waals surface area (Å²) in [6.07, 6.45) is 17.1. The summed E-state index contributed by atoms with van der Waals surface area (Å²) in [5.41, 5.74) is 0. The van der Waals surface area contributed by atoms with Crippen molar-refractivity contribution in [2.24, 2.45) is 0 Å². The van der Waals surface area contributed by atoms with Gasteiger partial charge in [0.1, 0.15) is 62.9 Å². The van der Waals surface area contributed by atoms with Crippen molar-refractivity contribution in [2.45, 2.75) is 218 Å². The van der Waals surface area contributed by atoms with Gasteiger partial charge in [-0.05, 0) is 25.7 Å². The van der Waals surface area contributed by atoms with Crippen LogP contribution < -0.4 is 10.6 Å². The van der Waals surface area contributed by atoms with Gasteiger partial charge in [-0.2, -0.15) is 0 Å². The second kappa shape index (κ2) is 48.8. The van der Waals surface area contributed by atoms with Gasteiger partial charge >= 0.3 is 23.9 Å². The summed E-state index contributed by atoms with van der Waals surface area (Å²) in [5.74, 6) is -0.371. The smallest absolute Gasteiger partial charge is 0.305 e. The first-order valence-electron chi connectivity index (χ1n) is 28.6. The maximum absolute atomic E-state index is 13.1. The van der Waals surface area contributed by atoms with E-state index in [1.165, 1.54) is 43.2 Å². The predicted molar refractivity (Wildman–Crippen MR) is 308 cm³/mol. The molecule has 1 heterocycles. The van der Waals surface area contributed by atoms with Crippen LogP contribution in [-0.2, 0) is 47.7 Å². The topological polar surface area (TPSA) is 251 Å². The van der Waals surface area contributed by atoms with Crippen LogP contribution in [0.5, 0.6) is 0 Å². The number of carbonyl (C=O) groups excluding carboxylic acids is 6. The van der Waals surface area contributed by atoms with Crippen molar-refractivity contribution in [3.8, 4) is 0 Å². The van der Waals surface area contributed by atoms with Gasteiger partial charge in [0.05, 0.1) is 0 Å². The highest BCUT2D eigenvalue weighted by molar-refractivity contribution is 8.77. The van der Waals surface area contributed by atoms with Gasteiger partial charge in [0, 0.05) is 88.0 Å². The lowest BCUT2D eigenvalue weighted by Crippen LogP contribution is -2.63. The number of nitrogens with zero attached hydrogens (tertiary/aromatic N) is 2. The van der Waals surface area contributed by atoms with Crippen LogP contribution in [0.1, 0.15) is 182 Å². The average molecular weight is 1160 g/mol. The van der Waals surface area contributed by atoms with Crippen LogP contribution in [0.4, 0.5) is 0 Å². The zero-order chi connectivity index (χ0) is 56.0. The number of aliphatic hydroxyl groups excluding tert-OH is 4. The number of amides is 2. The van der Waals surface area contributed by atoms with Crippen molar-refractivity contribution in [1.82, 2.24) is 20.4 Å². The van der Waals surface area contributed by atoms with Crippen molar-refractivity contribution in [1.29, 1.82) is 0 Å². The van der Waals surface area contributed by atoms with E-state index in [0.717, 1.165) is 128 Å². The van der Waals surface area contributed by atoms with Crippen LogP contribution in [0.3, 0.4) is 0 Å². The summed E-state index contributed by atoms with van der Waals surface area (Å²) in [6.45, 7) is 9.06. The fourth-order valence-corrected chi connectivity index (χ4v) is 12.4. The second-order valence-electron chi connectivity index (χ2n) is 19.9. The molecule has 6 N–H and O–H groups in total. The summed E-state index contributed by atoms with van der Waals surface area (Å²) in [7, 11) is 5.75. The molecular formula is C54H100N4O14S4. The van der Waals surface area contributed by atoms with E-state index >= 15 is 0 Å². The van der Waals surface area contributed by atoms with Gasteiger partial charge in [-0.3, -0.25) is 38.6 Å². The Bertz CT molecular complexity index is 1350. The Morgan fingerprint density at radius 2 is 0.671 bits per heavy atom. The number of unbranched alkanes of at least 4 members (excludes halogenated alkanes) is 16. The van der Waals surface area contributed by atoms with Crippen LogP contribution in [0.15, 0.2) is 0 Å². The highest BCUT2D eigenvalue weighted by Gasteiger charge is 2.33. The van der Waals surface area contributed by atoms with Crippen LogP contribution >= 0.6 is 43.2 Å². The molecule has 0 aromatic carbocycles. The molecule has 2 amide bonds. The number of piperazine rings is 1. The number of hydrogen-bond acceptors (Lipinski definition) is 20. The van der Waals surface area contributed by atoms with Gasteiger partial charge < -0.3 is 50.0 Å². The van der Waals surface area contributed by atoms with Crippen molar-refractivity contribution in [3.63, 3.8) is 0 Å². The summed E-state index contributed by atoms with van der Waals surface area (Å²) in [5, 5.41) is 48.9. The Morgan fingerprint density at radius 1 is 0.421 bits per heavy atom. The molecule has 0 radical (unpaired) electrons. The third kappa shape index (κ3) is 41.1. The molecule has 444 valence electrons. The number of carbonyl (C=O) groups is 6. The van der Waals surface area contributed by atoms with Gasteiger partial charge in [-0.1, -0.05) is 174 Å². The highest BCUT2D eigenvalue weighted by Crippen LogP contribution is 2.25. The average Bonchev–Trinajstić information content (AvgIpc) is 3.39. The molecule has 18 nitrogen and oxygen atoms in total. The molecule has 0 aromatic rings. The number of aliphatic hydroxyl groups is 4. The minimum absolute atomic E-state index is 0.108. The second-order valence-corrected chi connectivity index (χ2v) is 25.1. The zero-order valence-corrected chi connectivity index (χ0v) is 50.0. The molecule has 0 saturated carbocycles. The van der Waals surface area contributed by atoms with E-state index in [9.17, 15) is 49.2 Å². The minimum Gasteiger partial charge on any atom is -0.463 e. The normalized spacial score (nSPS) is 16.2. The Balaban J connectivity index is 2.65. The first-order chi connectivity index (χ1) is 36.7. The van der Waals surface area contributed by atoms with E-state index in [4.69, 9.17) is 18.9 Å². The highest BCUT2D eigenvalue weighted by atomic mass is 33.1. The van der Waals surface area contributed by atoms with Gasteiger partial charge in [0.15, 0.2) is 0 Å². The first kappa shape index (κ1) is 72.0. The van der Waals surface area contributed by atoms with Gasteiger partial charge in [-0.25, -0.2) is 0 Å². The van der Waals surface area contributed by atoms with Crippen LogP contribution in [0.2, 0.25) is 0 Å². The maximum atomic E-state index is 13.1. The zero-order valence-electron chi connectivity index (χ0n) is 46.7. The largest absolute Gasteiger partial charge is 0.463 e. The molecule has 22 heteroatoms. The van der Waals surface area contributed by atoms with E-state index in [2.05, 4.69) is 38.3 Å². The van der Waals surface area contributed by atoms with E-state index in [-0.39, 0.29) is 88.3 Å². The molecule has 1 aliphatic heterocycles. The van der Waals surface area contributed by atoms with Crippen LogP contribution in [0, 0.1) is 0 Å². The molecule has 6 unspecified atom stereocenters. The molecule has 76 heavy (non-hydrogen) atoms. The van der Waals surface area contributed by atoms with E-state index in [0.29, 0.717) is 61.8 Å². The number of esters is 4. The number of rotatable bonds is 52. The van der Waals surface area contributed by atoms with Crippen LogP contribution in [0.25, 0.3) is 0 Å². The summed E-state index contributed by atoms with van der Waals surface area (Å²) < 4.78 is 21.4. The lowest BCUT2D eigenvalue weighted by atomic mass is 10.1. The van der Waals surface area contributed by atoms with Gasteiger partial charge in [-0.15, -0.1) is 0 Å². The van der Waals surface area contributed by atoms with Gasteiger partial charge in [0.2, 0.25) is 11.8 Å². The maximum Gasteiger partial charge on any atom is 0.305 e. The van der Waals surface area contributed by atoms with Crippen molar-refractivity contribution in [3.05, 3.63) is 0 Å². The molecule has 1 saturated heterocycles. The van der Waals surface area contributed by atoms with Gasteiger partial charge in [0.25, 0.3) is 0 Å². The Kier molecular flexibility index (Phi) is 46.3. The predicted octanol–water partition coefficient (Wildman–Crippen LogP) is 7.39.